The number of carbonyl (C=O) groups excluding carboxylic acids is 2. The summed E-state index contributed by atoms with van der Waals surface area (Å²) in [5, 5.41) is 11.9. The number of nitrogens with zero attached hydrogens (tertiary/aromatic N) is 1. The number of hydrogen-bond donors (Lipinski definition) is 1. The van der Waals surface area contributed by atoms with E-state index in [9.17, 15) is 14.9 Å². The van der Waals surface area contributed by atoms with E-state index in [2.05, 4.69) is 11.4 Å². The molecule has 2 aromatic rings. The number of rotatable bonds is 8. The van der Waals surface area contributed by atoms with Crippen LogP contribution < -0.4 is 10.1 Å². The molecular weight excluding hydrogens is 368 g/mol. The number of carbonyl (C=O) groups is 2. The lowest BCUT2D eigenvalue weighted by molar-refractivity contribution is -0.130. The Labute approximate surface area is 171 Å². The summed E-state index contributed by atoms with van der Waals surface area (Å²) in [6.07, 6.45) is -1.03. The molecule has 0 aliphatic heterocycles. The van der Waals surface area contributed by atoms with Crippen molar-refractivity contribution in [3.05, 3.63) is 65.7 Å². The van der Waals surface area contributed by atoms with Gasteiger partial charge >= 0.3 is 5.97 Å². The van der Waals surface area contributed by atoms with Crippen LogP contribution in [0.1, 0.15) is 43.6 Å². The highest BCUT2D eigenvalue weighted by Crippen LogP contribution is 2.17. The van der Waals surface area contributed by atoms with Crippen LogP contribution in [0.5, 0.6) is 5.75 Å². The van der Waals surface area contributed by atoms with E-state index in [4.69, 9.17) is 9.47 Å². The number of ether oxygens (including phenoxy) is 2. The van der Waals surface area contributed by atoms with Crippen molar-refractivity contribution in [3.8, 4) is 11.8 Å². The van der Waals surface area contributed by atoms with Crippen molar-refractivity contribution >= 4 is 11.9 Å². The summed E-state index contributed by atoms with van der Waals surface area (Å²) in [7, 11) is 0. The summed E-state index contributed by atoms with van der Waals surface area (Å²) in [4.78, 5) is 24.6. The van der Waals surface area contributed by atoms with Crippen LogP contribution in [0.3, 0.4) is 0 Å². The highest BCUT2D eigenvalue weighted by atomic mass is 16.5. The molecular formula is C23H26N2O4. The molecule has 0 saturated carbocycles. The summed E-state index contributed by atoms with van der Waals surface area (Å²) in [5.41, 5.74) is 0.320. The van der Waals surface area contributed by atoms with Crippen molar-refractivity contribution < 1.29 is 19.1 Å². The maximum absolute atomic E-state index is 12.3. The van der Waals surface area contributed by atoms with Crippen LogP contribution in [0, 0.1) is 17.2 Å². The molecule has 0 bridgehead atoms. The quantitative estimate of drug-likeness (QED) is 0.687. The highest BCUT2D eigenvalue weighted by Gasteiger charge is 2.32. The monoisotopic (exact) mass is 394 g/mol. The van der Waals surface area contributed by atoms with Gasteiger partial charge in [-0.1, -0.05) is 44.2 Å². The Bertz CT molecular complexity index is 872. The molecule has 0 fully saturated rings. The van der Waals surface area contributed by atoms with Crippen molar-refractivity contribution in [1.29, 1.82) is 5.26 Å². The summed E-state index contributed by atoms with van der Waals surface area (Å²) in [6.45, 7) is 7.21. The first-order valence-corrected chi connectivity index (χ1v) is 9.46. The second kappa shape index (κ2) is 9.74. The fourth-order valence-corrected chi connectivity index (χ4v) is 2.37. The van der Waals surface area contributed by atoms with Gasteiger partial charge in [-0.15, -0.1) is 0 Å². The van der Waals surface area contributed by atoms with Crippen LogP contribution in [0.25, 0.3) is 0 Å². The summed E-state index contributed by atoms with van der Waals surface area (Å²) < 4.78 is 10.9. The zero-order chi connectivity index (χ0) is 21.4. The molecule has 6 nitrogen and oxygen atoms in total. The molecule has 29 heavy (non-hydrogen) atoms. The molecule has 0 aliphatic rings. The SMILES string of the molecule is CC(OC(=O)c1ccc(OCc2ccccc2)cc1)C(=O)NC(C)(C#N)C(C)C. The highest BCUT2D eigenvalue weighted by molar-refractivity contribution is 5.92. The van der Waals surface area contributed by atoms with Crippen LogP contribution >= 0.6 is 0 Å². The number of esters is 1. The maximum Gasteiger partial charge on any atom is 0.338 e. The molecule has 1 amide bonds. The van der Waals surface area contributed by atoms with Gasteiger partial charge in [0.15, 0.2) is 6.10 Å². The van der Waals surface area contributed by atoms with Crippen molar-refractivity contribution in [2.75, 3.05) is 0 Å². The minimum absolute atomic E-state index is 0.0946. The Morgan fingerprint density at radius 3 is 2.24 bits per heavy atom. The molecule has 0 spiro atoms. The van der Waals surface area contributed by atoms with Gasteiger partial charge in [-0.3, -0.25) is 4.79 Å². The van der Waals surface area contributed by atoms with E-state index in [-0.39, 0.29) is 5.92 Å². The lowest BCUT2D eigenvalue weighted by Crippen LogP contribution is -2.52. The standard InChI is InChI=1S/C23H26N2O4/c1-16(2)23(4,15-24)25-21(26)17(3)29-22(27)19-10-12-20(13-11-19)28-14-18-8-6-5-7-9-18/h5-13,16-17H,14H2,1-4H3,(H,25,26). The van der Waals surface area contributed by atoms with E-state index in [0.717, 1.165) is 5.56 Å². The van der Waals surface area contributed by atoms with Gasteiger partial charge in [0.25, 0.3) is 5.91 Å². The molecule has 0 saturated heterocycles. The summed E-state index contributed by atoms with van der Waals surface area (Å²) >= 11 is 0. The third kappa shape index (κ3) is 6.08. The molecule has 2 unspecified atom stereocenters. The zero-order valence-electron chi connectivity index (χ0n) is 17.1. The third-order valence-corrected chi connectivity index (χ3v) is 4.76. The number of benzene rings is 2. The normalized spacial score (nSPS) is 13.7. The molecule has 6 heteroatoms. The van der Waals surface area contributed by atoms with Crippen LogP contribution in [0.2, 0.25) is 0 Å². The van der Waals surface area contributed by atoms with Gasteiger partial charge < -0.3 is 14.8 Å². The third-order valence-electron chi connectivity index (χ3n) is 4.76. The minimum atomic E-state index is -1.03. The van der Waals surface area contributed by atoms with Gasteiger partial charge in [0.1, 0.15) is 17.9 Å². The lowest BCUT2D eigenvalue weighted by atomic mass is 9.90. The Kier molecular flexibility index (Phi) is 7.38. The second-order valence-corrected chi connectivity index (χ2v) is 7.30. The van der Waals surface area contributed by atoms with Crippen LogP contribution in [0.15, 0.2) is 54.6 Å². The fourth-order valence-electron chi connectivity index (χ4n) is 2.37. The van der Waals surface area contributed by atoms with E-state index in [1.165, 1.54) is 6.92 Å². The molecule has 1 N–H and O–H groups in total. The van der Waals surface area contributed by atoms with Gasteiger partial charge in [0.05, 0.1) is 11.6 Å². The van der Waals surface area contributed by atoms with Gasteiger partial charge in [-0.2, -0.15) is 5.26 Å². The topological polar surface area (TPSA) is 88.4 Å². The number of nitriles is 1. The molecule has 0 aliphatic carbocycles. The molecule has 0 aromatic heterocycles. The maximum atomic E-state index is 12.3. The Morgan fingerprint density at radius 2 is 1.69 bits per heavy atom. The fraction of sp³-hybridized carbons (Fsp3) is 0.348. The van der Waals surface area contributed by atoms with E-state index in [1.807, 2.05) is 44.2 Å². The molecule has 152 valence electrons. The Morgan fingerprint density at radius 1 is 1.07 bits per heavy atom. The molecule has 2 rings (SSSR count). The number of hydrogen-bond acceptors (Lipinski definition) is 5. The van der Waals surface area contributed by atoms with Crippen LogP contribution in [0.4, 0.5) is 0 Å². The molecule has 0 heterocycles. The van der Waals surface area contributed by atoms with Crippen LogP contribution in [-0.4, -0.2) is 23.5 Å². The van der Waals surface area contributed by atoms with E-state index in [0.29, 0.717) is 17.9 Å². The van der Waals surface area contributed by atoms with Crippen molar-refractivity contribution in [2.24, 2.45) is 5.92 Å². The molecule has 2 atom stereocenters. The number of nitrogens with one attached hydrogen (secondary N) is 1. The van der Waals surface area contributed by atoms with Crippen molar-refractivity contribution in [3.63, 3.8) is 0 Å². The molecule has 2 aromatic carbocycles. The van der Waals surface area contributed by atoms with Crippen LogP contribution in [-0.2, 0) is 16.1 Å². The van der Waals surface area contributed by atoms with E-state index >= 15 is 0 Å². The van der Waals surface area contributed by atoms with Gasteiger partial charge in [0.2, 0.25) is 0 Å². The zero-order valence-corrected chi connectivity index (χ0v) is 17.1. The Hall–Kier alpha value is -3.33. The average molecular weight is 394 g/mol. The predicted octanol–water partition coefficient (Wildman–Crippen LogP) is 3.87. The lowest BCUT2D eigenvalue weighted by Gasteiger charge is -2.28. The van der Waals surface area contributed by atoms with Gasteiger partial charge in [-0.05, 0) is 49.6 Å². The first-order chi connectivity index (χ1) is 13.7. The van der Waals surface area contributed by atoms with Crippen molar-refractivity contribution in [2.45, 2.75) is 45.9 Å². The first kappa shape index (κ1) is 22.0. The second-order valence-electron chi connectivity index (χ2n) is 7.30. The summed E-state index contributed by atoms with van der Waals surface area (Å²) in [5.74, 6) is -0.606. The summed E-state index contributed by atoms with van der Waals surface area (Å²) in [6, 6.07) is 18.4. The van der Waals surface area contributed by atoms with Gasteiger partial charge in [-0.25, -0.2) is 4.79 Å². The van der Waals surface area contributed by atoms with Crippen molar-refractivity contribution in [1.82, 2.24) is 5.32 Å². The molecule has 0 radical (unpaired) electrons. The predicted molar refractivity (Wildman–Crippen MR) is 109 cm³/mol. The average Bonchev–Trinajstić information content (AvgIpc) is 2.72. The number of amides is 1. The first-order valence-electron chi connectivity index (χ1n) is 9.46. The smallest absolute Gasteiger partial charge is 0.338 e. The van der Waals surface area contributed by atoms with E-state index in [1.54, 1.807) is 31.2 Å². The van der Waals surface area contributed by atoms with E-state index < -0.39 is 23.5 Å². The largest absolute Gasteiger partial charge is 0.489 e. The minimum Gasteiger partial charge on any atom is -0.489 e. The van der Waals surface area contributed by atoms with Gasteiger partial charge in [0, 0.05) is 0 Å². The Balaban J connectivity index is 1.91.